The lowest BCUT2D eigenvalue weighted by Crippen LogP contribution is -2.44. The predicted octanol–water partition coefficient (Wildman–Crippen LogP) is 2.66. The molecule has 2 aromatic heterocycles. The monoisotopic (exact) mass is 418 g/mol. The number of aryl methyl sites for hydroxylation is 1. The molecule has 2 aliphatic heterocycles. The number of hydrogen-bond acceptors (Lipinski definition) is 6. The summed E-state index contributed by atoms with van der Waals surface area (Å²) in [5.74, 6) is -0.729. The Morgan fingerprint density at radius 1 is 1.32 bits per heavy atom. The lowest BCUT2D eigenvalue weighted by atomic mass is 9.86. The number of ether oxygens (including phenoxy) is 1. The van der Waals surface area contributed by atoms with Gasteiger partial charge in [0.05, 0.1) is 35.4 Å². The van der Waals surface area contributed by atoms with E-state index in [0.29, 0.717) is 29.1 Å². The van der Waals surface area contributed by atoms with E-state index in [1.165, 1.54) is 0 Å². The van der Waals surface area contributed by atoms with Crippen molar-refractivity contribution in [3.8, 4) is 11.4 Å². The van der Waals surface area contributed by atoms with Gasteiger partial charge in [0.25, 0.3) is 5.56 Å². The van der Waals surface area contributed by atoms with Crippen LogP contribution >= 0.6 is 0 Å². The van der Waals surface area contributed by atoms with Gasteiger partial charge < -0.3 is 19.7 Å². The number of aliphatic hydroxyl groups is 1. The van der Waals surface area contributed by atoms with E-state index in [2.05, 4.69) is 12.2 Å². The van der Waals surface area contributed by atoms with E-state index in [9.17, 15) is 14.7 Å². The predicted molar refractivity (Wildman–Crippen MR) is 116 cm³/mol. The maximum absolute atomic E-state index is 13.3. The number of rotatable bonds is 4. The number of carbonyl (C=O) groups is 1. The first-order chi connectivity index (χ1) is 14.9. The molecule has 0 amide bonds. The first kappa shape index (κ1) is 19.4. The van der Waals surface area contributed by atoms with E-state index in [0.717, 1.165) is 40.5 Å². The van der Waals surface area contributed by atoms with Gasteiger partial charge in [-0.1, -0.05) is 19.9 Å². The van der Waals surface area contributed by atoms with Crippen molar-refractivity contribution < 1.29 is 14.6 Å². The van der Waals surface area contributed by atoms with Gasteiger partial charge in [0.1, 0.15) is 6.61 Å². The molecule has 1 aromatic carbocycles. The van der Waals surface area contributed by atoms with Crippen LogP contribution in [0.3, 0.4) is 0 Å². The molecule has 0 fully saturated rings. The van der Waals surface area contributed by atoms with Crippen LogP contribution in [0.4, 0.5) is 5.69 Å². The second kappa shape index (κ2) is 6.75. The standard InChI is InChI=1S/C23H22N4O4/c1-3-12-13-9-27-18(20(13)26-17-7-5-6-16(19(12)17)25-11-24)8-15-14(21(27)28)10-31-22(29)23(15,30)4-2/h5-8,11,30H,3-4,9-10H2,1-2H3,(H2,24,25). The Balaban J connectivity index is 1.83. The molecule has 0 radical (unpaired) electrons. The van der Waals surface area contributed by atoms with Crippen molar-refractivity contribution in [1.82, 2.24) is 9.55 Å². The van der Waals surface area contributed by atoms with E-state index in [1.54, 1.807) is 17.6 Å². The Kier molecular flexibility index (Phi) is 4.23. The number of hydrogen-bond donors (Lipinski definition) is 3. The van der Waals surface area contributed by atoms with Crippen molar-refractivity contribution in [2.45, 2.75) is 45.4 Å². The van der Waals surface area contributed by atoms with Gasteiger partial charge in [0.2, 0.25) is 0 Å². The summed E-state index contributed by atoms with van der Waals surface area (Å²) in [6.07, 6.45) is 1.97. The molecule has 1 unspecified atom stereocenters. The van der Waals surface area contributed by atoms with Gasteiger partial charge in [0, 0.05) is 22.2 Å². The van der Waals surface area contributed by atoms with E-state index in [1.807, 2.05) is 18.2 Å². The minimum Gasteiger partial charge on any atom is -0.458 e. The summed E-state index contributed by atoms with van der Waals surface area (Å²) in [6.45, 7) is 3.96. The minimum absolute atomic E-state index is 0.110. The van der Waals surface area contributed by atoms with Crippen LogP contribution in [0.15, 0.2) is 29.1 Å². The molecule has 8 heteroatoms. The molecule has 0 saturated carbocycles. The van der Waals surface area contributed by atoms with Crippen LogP contribution < -0.4 is 10.9 Å². The Morgan fingerprint density at radius 3 is 2.84 bits per heavy atom. The fraction of sp³-hybridized carbons (Fsp3) is 0.304. The van der Waals surface area contributed by atoms with Gasteiger partial charge in [-0.05, 0) is 36.6 Å². The maximum Gasteiger partial charge on any atom is 0.343 e. The molecular formula is C23H22N4O4. The fourth-order valence-corrected chi connectivity index (χ4v) is 4.81. The Bertz CT molecular complexity index is 1340. The number of carbonyl (C=O) groups excluding carboxylic acids is 1. The zero-order chi connectivity index (χ0) is 21.9. The van der Waals surface area contributed by atoms with Crippen molar-refractivity contribution in [1.29, 1.82) is 5.41 Å². The second-order valence-electron chi connectivity index (χ2n) is 7.86. The molecule has 158 valence electrons. The highest BCUT2D eigenvalue weighted by molar-refractivity contribution is 6.00. The average molecular weight is 418 g/mol. The molecule has 1 atom stereocenters. The Morgan fingerprint density at radius 2 is 2.13 bits per heavy atom. The van der Waals surface area contributed by atoms with E-state index >= 15 is 0 Å². The van der Waals surface area contributed by atoms with Crippen molar-refractivity contribution >= 4 is 28.9 Å². The normalized spacial score (nSPS) is 18.9. The van der Waals surface area contributed by atoms with Crippen molar-refractivity contribution in [3.05, 3.63) is 56.9 Å². The third-order valence-corrected chi connectivity index (χ3v) is 6.41. The lowest BCUT2D eigenvalue weighted by molar-refractivity contribution is -0.172. The van der Waals surface area contributed by atoms with Gasteiger partial charge in [-0.25, -0.2) is 9.78 Å². The molecule has 31 heavy (non-hydrogen) atoms. The van der Waals surface area contributed by atoms with Gasteiger partial charge in [-0.15, -0.1) is 0 Å². The van der Waals surface area contributed by atoms with Gasteiger partial charge >= 0.3 is 5.97 Å². The largest absolute Gasteiger partial charge is 0.458 e. The quantitative estimate of drug-likeness (QED) is 0.266. The molecule has 3 aromatic rings. The highest BCUT2D eigenvalue weighted by Crippen LogP contribution is 2.41. The van der Waals surface area contributed by atoms with Crippen LogP contribution in [0.1, 0.15) is 42.5 Å². The summed E-state index contributed by atoms with van der Waals surface area (Å²) >= 11 is 0. The summed E-state index contributed by atoms with van der Waals surface area (Å²) in [5.41, 5.74) is 3.36. The second-order valence-corrected chi connectivity index (χ2v) is 7.86. The highest BCUT2D eigenvalue weighted by Gasteiger charge is 2.45. The maximum atomic E-state index is 13.3. The summed E-state index contributed by atoms with van der Waals surface area (Å²) in [6, 6.07) is 7.40. The number of pyridine rings is 2. The molecular weight excluding hydrogens is 396 g/mol. The van der Waals surface area contributed by atoms with Crippen molar-refractivity contribution in [2.75, 3.05) is 5.32 Å². The molecule has 0 spiro atoms. The van der Waals surface area contributed by atoms with Crippen LogP contribution in [0.5, 0.6) is 0 Å². The summed E-state index contributed by atoms with van der Waals surface area (Å²) in [4.78, 5) is 30.5. The van der Waals surface area contributed by atoms with Crippen LogP contribution in [-0.4, -0.2) is 27.0 Å². The number of nitrogens with one attached hydrogen (secondary N) is 2. The van der Waals surface area contributed by atoms with Crippen molar-refractivity contribution in [3.63, 3.8) is 0 Å². The summed E-state index contributed by atoms with van der Waals surface area (Å²) in [7, 11) is 0. The number of nitrogens with zero attached hydrogens (tertiary/aromatic N) is 2. The smallest absolute Gasteiger partial charge is 0.343 e. The Hall–Kier alpha value is -3.52. The van der Waals surface area contributed by atoms with E-state index in [4.69, 9.17) is 15.1 Å². The van der Waals surface area contributed by atoms with Crippen LogP contribution in [0.25, 0.3) is 22.3 Å². The molecule has 3 N–H and O–H groups in total. The highest BCUT2D eigenvalue weighted by atomic mass is 16.6. The number of esters is 1. The van der Waals surface area contributed by atoms with Crippen molar-refractivity contribution in [2.24, 2.45) is 0 Å². The average Bonchev–Trinajstić information content (AvgIpc) is 3.14. The third-order valence-electron chi connectivity index (χ3n) is 6.41. The molecule has 0 saturated heterocycles. The molecule has 4 heterocycles. The lowest BCUT2D eigenvalue weighted by Gasteiger charge is -2.31. The first-order valence-electron chi connectivity index (χ1n) is 10.3. The van der Waals surface area contributed by atoms with Crippen LogP contribution in [-0.2, 0) is 34.7 Å². The first-order valence-corrected chi connectivity index (χ1v) is 10.3. The molecule has 0 bridgehead atoms. The fourth-order valence-electron chi connectivity index (χ4n) is 4.81. The number of anilines is 1. The zero-order valence-corrected chi connectivity index (χ0v) is 17.3. The molecule has 0 aliphatic carbocycles. The summed E-state index contributed by atoms with van der Waals surface area (Å²) < 4.78 is 6.78. The number of fused-ring (bicyclic) bond motifs is 5. The van der Waals surface area contributed by atoms with Gasteiger partial charge in [-0.3, -0.25) is 10.2 Å². The minimum atomic E-state index is -1.84. The molecule has 8 nitrogen and oxygen atoms in total. The van der Waals surface area contributed by atoms with Crippen LogP contribution in [0, 0.1) is 5.41 Å². The van der Waals surface area contributed by atoms with E-state index in [-0.39, 0.29) is 18.6 Å². The van der Waals surface area contributed by atoms with Gasteiger partial charge in [0.15, 0.2) is 5.60 Å². The number of cyclic esters (lactones) is 1. The zero-order valence-electron chi connectivity index (χ0n) is 17.3. The summed E-state index contributed by atoms with van der Waals surface area (Å²) in [5, 5.41) is 22.3. The topological polar surface area (TPSA) is 117 Å². The number of aromatic nitrogens is 2. The molecule has 5 rings (SSSR count). The van der Waals surface area contributed by atoms with E-state index < -0.39 is 11.6 Å². The Labute approximate surface area is 178 Å². The molecule has 2 aliphatic rings. The SMILES string of the molecule is CCc1c2c(nc3cccc(NC=N)c13)-c1cc3c(c(=O)n1C2)COC(=O)C3(O)CC. The van der Waals surface area contributed by atoms with Gasteiger partial charge in [-0.2, -0.15) is 0 Å². The number of benzene rings is 1. The van der Waals surface area contributed by atoms with Crippen LogP contribution in [0.2, 0.25) is 0 Å². The third kappa shape index (κ3) is 2.51.